The maximum Gasteiger partial charge on any atom is 0.331 e. The van der Waals surface area contributed by atoms with Gasteiger partial charge in [-0.3, -0.25) is 18.7 Å². The van der Waals surface area contributed by atoms with Gasteiger partial charge in [-0.2, -0.15) is 0 Å². The van der Waals surface area contributed by atoms with E-state index in [9.17, 15) is 19.2 Å². The largest absolute Gasteiger partial charge is 0.497 e. The van der Waals surface area contributed by atoms with Crippen LogP contribution in [0.15, 0.2) is 52.2 Å². The molecule has 0 atom stereocenters. The van der Waals surface area contributed by atoms with Gasteiger partial charge in [0.05, 0.1) is 44.1 Å². The number of amides is 3. The van der Waals surface area contributed by atoms with Crippen LogP contribution >= 0.6 is 11.6 Å². The number of likely N-dealkylation sites (tertiary alicyclic amines) is 1. The number of methoxy groups -OCH3 is 4. The van der Waals surface area contributed by atoms with Gasteiger partial charge < -0.3 is 34.1 Å². The molecule has 252 valence electrons. The Bertz CT molecular complexity index is 1730. The molecule has 0 bridgehead atoms. The highest BCUT2D eigenvalue weighted by Crippen LogP contribution is 2.34. The van der Waals surface area contributed by atoms with E-state index in [2.05, 4.69) is 5.32 Å². The summed E-state index contributed by atoms with van der Waals surface area (Å²) in [6, 6.07) is 9.65. The lowest BCUT2D eigenvalue weighted by Gasteiger charge is -2.38. The van der Waals surface area contributed by atoms with Crippen molar-refractivity contribution in [2.24, 2.45) is 0 Å². The Kier molecular flexibility index (Phi) is 10.9. The molecule has 1 aromatic heterocycles. The third-order valence-corrected chi connectivity index (χ3v) is 9.13. The molecule has 1 saturated heterocycles. The number of hydrogen-bond donors (Lipinski definition) is 1. The van der Waals surface area contributed by atoms with Gasteiger partial charge in [0.1, 0.15) is 18.0 Å². The maximum absolute atomic E-state index is 13.8. The number of fused-ring (bicyclic) bond motifs is 1. The summed E-state index contributed by atoms with van der Waals surface area (Å²) in [5.41, 5.74) is 1.00. The van der Waals surface area contributed by atoms with Crippen molar-refractivity contribution in [3.8, 4) is 22.6 Å². The number of anilines is 1. The van der Waals surface area contributed by atoms with Crippen LogP contribution in [0.25, 0.3) is 11.1 Å². The Morgan fingerprint density at radius 3 is 2.34 bits per heavy atom. The molecule has 2 aliphatic rings. The van der Waals surface area contributed by atoms with E-state index in [-0.39, 0.29) is 48.3 Å². The number of benzene rings is 2. The average Bonchev–Trinajstić information content (AvgIpc) is 3.24. The number of urea groups is 1. The predicted octanol–water partition coefficient (Wildman–Crippen LogP) is 3.26. The second kappa shape index (κ2) is 15.1. The Morgan fingerprint density at radius 1 is 0.957 bits per heavy atom. The van der Waals surface area contributed by atoms with E-state index in [0.717, 1.165) is 21.6 Å². The minimum atomic E-state index is -0.751. The fraction of sp³-hybridized carbons (Fsp3) is 0.455. The highest BCUT2D eigenvalue weighted by molar-refractivity contribution is 6.34. The quantitative estimate of drug-likeness (QED) is 0.329. The molecular formula is C33H40ClN5O8. The molecule has 1 fully saturated rings. The van der Waals surface area contributed by atoms with E-state index >= 15 is 0 Å². The Morgan fingerprint density at radius 2 is 1.68 bits per heavy atom. The molecule has 0 saturated carbocycles. The number of nitrogens with one attached hydrogen (secondary N) is 1. The molecule has 1 N–H and O–H groups in total. The van der Waals surface area contributed by atoms with Crippen molar-refractivity contribution in [2.75, 3.05) is 66.6 Å². The molecule has 3 amide bonds. The first kappa shape index (κ1) is 34.0. The van der Waals surface area contributed by atoms with E-state index < -0.39 is 17.3 Å². The number of hydrogen-bond acceptors (Lipinski definition) is 8. The van der Waals surface area contributed by atoms with Crippen molar-refractivity contribution in [1.82, 2.24) is 18.9 Å². The van der Waals surface area contributed by atoms with Gasteiger partial charge in [-0.15, -0.1) is 0 Å². The molecule has 3 aromatic rings. The summed E-state index contributed by atoms with van der Waals surface area (Å²) in [6.45, 7) is 1.12. The van der Waals surface area contributed by atoms with Gasteiger partial charge in [0.15, 0.2) is 0 Å². The Labute approximate surface area is 277 Å². The van der Waals surface area contributed by atoms with Crippen LogP contribution in [0.2, 0.25) is 5.02 Å². The highest BCUT2D eigenvalue weighted by Gasteiger charge is 2.32. The minimum Gasteiger partial charge on any atom is -0.497 e. The summed E-state index contributed by atoms with van der Waals surface area (Å²) in [7, 11) is 6.01. The number of aromatic nitrogens is 2. The molecule has 47 heavy (non-hydrogen) atoms. The molecule has 0 unspecified atom stereocenters. The molecule has 0 radical (unpaired) electrons. The van der Waals surface area contributed by atoms with Crippen molar-refractivity contribution >= 4 is 29.2 Å². The van der Waals surface area contributed by atoms with Gasteiger partial charge in [-0.25, -0.2) is 9.59 Å². The standard InChI is InChI=1S/C33H40ClN5O8/c1-44-19-23(20-45-2)39-31(41)26(25-6-5-7-28(47-4)30(25)34)17-37(33(39)43)18-29(40)36-13-11-22(12-14-36)38-15-10-21-16-24(46-3)8-9-27(21)35-32(38)42/h5-9,16-17,22-23H,10-15,18-20H2,1-4H3,(H,35,42). The summed E-state index contributed by atoms with van der Waals surface area (Å²) in [4.78, 5) is 57.9. The zero-order chi connectivity index (χ0) is 33.7. The lowest BCUT2D eigenvalue weighted by atomic mass is 10.0. The SMILES string of the molecule is COCC(COC)n1c(=O)c(-c2cccc(OC)c2Cl)cn(CC(=O)N2CCC(N3CCc4cc(OC)ccc4NC3=O)CC2)c1=O. The molecule has 0 spiro atoms. The van der Waals surface area contributed by atoms with Crippen LogP contribution in [0.1, 0.15) is 24.4 Å². The fourth-order valence-electron chi connectivity index (χ4n) is 6.28. The lowest BCUT2D eigenvalue weighted by molar-refractivity contribution is -0.133. The van der Waals surface area contributed by atoms with E-state index in [0.29, 0.717) is 50.2 Å². The van der Waals surface area contributed by atoms with E-state index in [1.54, 1.807) is 30.2 Å². The number of ether oxygens (including phenoxy) is 4. The molecule has 3 heterocycles. The minimum absolute atomic E-state index is 0.0302. The van der Waals surface area contributed by atoms with Gasteiger partial charge in [-0.1, -0.05) is 23.7 Å². The summed E-state index contributed by atoms with van der Waals surface area (Å²) >= 11 is 6.60. The number of halogens is 1. The van der Waals surface area contributed by atoms with Gasteiger partial charge in [0.25, 0.3) is 5.56 Å². The fourth-order valence-corrected chi connectivity index (χ4v) is 6.58. The van der Waals surface area contributed by atoms with E-state index in [1.165, 1.54) is 32.1 Å². The van der Waals surface area contributed by atoms with Crippen LogP contribution in [-0.2, 0) is 27.2 Å². The third kappa shape index (κ3) is 7.16. The Balaban J connectivity index is 1.36. The Hall–Kier alpha value is -4.33. The topological polar surface area (TPSA) is 134 Å². The van der Waals surface area contributed by atoms with E-state index in [4.69, 9.17) is 30.5 Å². The highest BCUT2D eigenvalue weighted by atomic mass is 35.5. The second-order valence-electron chi connectivity index (χ2n) is 11.5. The van der Waals surface area contributed by atoms with Crippen molar-refractivity contribution in [3.63, 3.8) is 0 Å². The van der Waals surface area contributed by atoms with Crippen LogP contribution in [-0.4, -0.2) is 98.2 Å². The summed E-state index contributed by atoms with van der Waals surface area (Å²) in [5.74, 6) is 0.812. The monoisotopic (exact) mass is 669 g/mol. The predicted molar refractivity (Wildman–Crippen MR) is 177 cm³/mol. The zero-order valence-corrected chi connectivity index (χ0v) is 27.7. The van der Waals surface area contributed by atoms with Crippen molar-refractivity contribution in [3.05, 3.63) is 74.0 Å². The smallest absolute Gasteiger partial charge is 0.331 e. The first-order chi connectivity index (χ1) is 22.7. The number of piperidine rings is 1. The van der Waals surface area contributed by atoms with Crippen LogP contribution in [0.3, 0.4) is 0 Å². The van der Waals surface area contributed by atoms with Gasteiger partial charge in [0, 0.05) is 57.3 Å². The number of carbonyl (C=O) groups is 2. The van der Waals surface area contributed by atoms with Gasteiger partial charge >= 0.3 is 11.7 Å². The summed E-state index contributed by atoms with van der Waals surface area (Å²) in [6.07, 6.45) is 3.22. The third-order valence-electron chi connectivity index (χ3n) is 8.74. The summed E-state index contributed by atoms with van der Waals surface area (Å²) < 4.78 is 23.6. The molecular weight excluding hydrogens is 630 g/mol. The molecule has 5 rings (SSSR count). The number of nitrogens with zero attached hydrogens (tertiary/aromatic N) is 4. The first-order valence-corrected chi connectivity index (χ1v) is 15.8. The number of carbonyl (C=O) groups excluding carboxylic acids is 2. The first-order valence-electron chi connectivity index (χ1n) is 15.4. The van der Waals surface area contributed by atoms with Crippen LogP contribution in [0, 0.1) is 0 Å². The van der Waals surface area contributed by atoms with Crippen LogP contribution in [0.5, 0.6) is 11.5 Å². The average molecular weight is 670 g/mol. The molecule has 2 aromatic carbocycles. The molecule has 13 nitrogen and oxygen atoms in total. The maximum atomic E-state index is 13.8. The van der Waals surface area contributed by atoms with Crippen LogP contribution < -0.4 is 26.0 Å². The lowest BCUT2D eigenvalue weighted by Crippen LogP contribution is -2.51. The molecule has 2 aliphatic heterocycles. The van der Waals surface area contributed by atoms with E-state index in [1.807, 2.05) is 23.1 Å². The van der Waals surface area contributed by atoms with Crippen LogP contribution in [0.4, 0.5) is 10.5 Å². The van der Waals surface area contributed by atoms with Gasteiger partial charge in [-0.05, 0) is 49.1 Å². The van der Waals surface area contributed by atoms with Crippen molar-refractivity contribution < 1.29 is 28.5 Å². The molecule has 14 heteroatoms. The van der Waals surface area contributed by atoms with Crippen molar-refractivity contribution in [1.29, 1.82) is 0 Å². The van der Waals surface area contributed by atoms with Gasteiger partial charge in [0.2, 0.25) is 5.91 Å². The number of rotatable bonds is 11. The molecule has 0 aliphatic carbocycles. The second-order valence-corrected chi connectivity index (χ2v) is 11.9. The normalized spacial score (nSPS) is 15.3. The van der Waals surface area contributed by atoms with Crippen molar-refractivity contribution in [2.45, 2.75) is 37.9 Å². The summed E-state index contributed by atoms with van der Waals surface area (Å²) in [5, 5.41) is 3.21. The zero-order valence-electron chi connectivity index (χ0n) is 27.0.